The molecule has 0 aliphatic rings. The molecule has 1 unspecified atom stereocenters. The zero-order valence-electron chi connectivity index (χ0n) is 13.1. The first-order valence-corrected chi connectivity index (χ1v) is 7.31. The number of carbonyl (C=O) groups excluding carboxylic acids is 1. The van der Waals surface area contributed by atoms with E-state index in [0.29, 0.717) is 18.9 Å². The van der Waals surface area contributed by atoms with Crippen LogP contribution in [0.2, 0.25) is 0 Å². The number of benzene rings is 1. The van der Waals surface area contributed by atoms with Crippen LogP contribution in [0.3, 0.4) is 0 Å². The number of hydrogen-bond acceptors (Lipinski definition) is 3. The van der Waals surface area contributed by atoms with Crippen LogP contribution in [0.4, 0.5) is 4.79 Å². The van der Waals surface area contributed by atoms with E-state index in [1.165, 1.54) is 0 Å². The van der Waals surface area contributed by atoms with Crippen LogP contribution in [0.5, 0.6) is 0 Å². The first kappa shape index (κ1) is 17.5. The molecule has 0 aromatic heterocycles. The summed E-state index contributed by atoms with van der Waals surface area (Å²) in [6.07, 6.45) is 1.57. The first-order valence-electron chi connectivity index (χ1n) is 7.31. The second-order valence-electron chi connectivity index (χ2n) is 5.99. The third-order valence-electron chi connectivity index (χ3n) is 3.14. The van der Waals surface area contributed by atoms with E-state index in [2.05, 4.69) is 24.6 Å². The van der Waals surface area contributed by atoms with Crippen molar-refractivity contribution in [2.75, 3.05) is 6.54 Å². The molecule has 1 rings (SSSR count). The van der Waals surface area contributed by atoms with Crippen LogP contribution in [-0.2, 0) is 11.4 Å². The normalized spacial score (nSPS) is 13.8. The SMILES string of the molecule is CC(C)CCC(C)(O)CNC(=O)NOCc1ccccc1. The van der Waals surface area contributed by atoms with Crippen molar-refractivity contribution in [1.82, 2.24) is 10.8 Å². The molecule has 118 valence electrons. The summed E-state index contributed by atoms with van der Waals surface area (Å²) in [6, 6.07) is 9.11. The molecule has 0 aliphatic heterocycles. The Morgan fingerprint density at radius 3 is 2.62 bits per heavy atom. The van der Waals surface area contributed by atoms with Crippen molar-refractivity contribution in [1.29, 1.82) is 0 Å². The zero-order valence-corrected chi connectivity index (χ0v) is 13.1. The number of nitrogens with one attached hydrogen (secondary N) is 2. The van der Waals surface area contributed by atoms with Crippen molar-refractivity contribution in [3.8, 4) is 0 Å². The number of urea groups is 1. The van der Waals surface area contributed by atoms with Crippen molar-refractivity contribution < 1.29 is 14.7 Å². The predicted octanol–water partition coefficient (Wildman–Crippen LogP) is 2.60. The summed E-state index contributed by atoms with van der Waals surface area (Å²) >= 11 is 0. The van der Waals surface area contributed by atoms with Gasteiger partial charge in [0.25, 0.3) is 0 Å². The van der Waals surface area contributed by atoms with E-state index in [-0.39, 0.29) is 6.54 Å². The fraction of sp³-hybridized carbons (Fsp3) is 0.562. The van der Waals surface area contributed by atoms with E-state index < -0.39 is 11.6 Å². The number of hydrogen-bond donors (Lipinski definition) is 3. The monoisotopic (exact) mass is 294 g/mol. The van der Waals surface area contributed by atoms with Gasteiger partial charge in [0.1, 0.15) is 0 Å². The van der Waals surface area contributed by atoms with Gasteiger partial charge in [0.05, 0.1) is 12.2 Å². The summed E-state index contributed by atoms with van der Waals surface area (Å²) < 4.78 is 0. The molecule has 0 radical (unpaired) electrons. The molecule has 1 atom stereocenters. The molecule has 5 nitrogen and oxygen atoms in total. The average molecular weight is 294 g/mol. The molecular formula is C16H26N2O3. The van der Waals surface area contributed by atoms with Gasteiger partial charge in [-0.15, -0.1) is 0 Å². The second kappa shape index (κ2) is 8.64. The highest BCUT2D eigenvalue weighted by molar-refractivity contribution is 5.72. The molecule has 0 spiro atoms. The third kappa shape index (κ3) is 8.32. The van der Waals surface area contributed by atoms with E-state index in [1.54, 1.807) is 6.92 Å². The van der Waals surface area contributed by atoms with Gasteiger partial charge in [-0.25, -0.2) is 10.3 Å². The summed E-state index contributed by atoms with van der Waals surface area (Å²) in [5.41, 5.74) is 2.38. The summed E-state index contributed by atoms with van der Waals surface area (Å²) in [5.74, 6) is 0.527. The van der Waals surface area contributed by atoms with Crippen molar-refractivity contribution in [3.63, 3.8) is 0 Å². The molecule has 0 fully saturated rings. The Bertz CT molecular complexity index is 419. The van der Waals surface area contributed by atoms with Crippen LogP contribution in [0.15, 0.2) is 30.3 Å². The summed E-state index contributed by atoms with van der Waals surface area (Å²) in [6.45, 7) is 6.43. The number of carbonyl (C=O) groups is 1. The molecule has 0 heterocycles. The van der Waals surface area contributed by atoms with Crippen molar-refractivity contribution in [3.05, 3.63) is 35.9 Å². The molecule has 0 saturated heterocycles. The topological polar surface area (TPSA) is 70.6 Å². The maximum Gasteiger partial charge on any atom is 0.338 e. The highest BCUT2D eigenvalue weighted by atomic mass is 16.7. The van der Waals surface area contributed by atoms with Gasteiger partial charge in [-0.1, -0.05) is 44.2 Å². The smallest absolute Gasteiger partial charge is 0.338 e. The van der Waals surface area contributed by atoms with Crippen molar-refractivity contribution in [2.45, 2.75) is 45.8 Å². The lowest BCUT2D eigenvalue weighted by Crippen LogP contribution is -2.44. The average Bonchev–Trinajstić information content (AvgIpc) is 2.44. The highest BCUT2D eigenvalue weighted by Crippen LogP contribution is 2.15. The molecule has 1 aromatic carbocycles. The summed E-state index contributed by atoms with van der Waals surface area (Å²) in [5, 5.41) is 12.7. The van der Waals surface area contributed by atoms with Crippen LogP contribution in [0.1, 0.15) is 39.2 Å². The minimum absolute atomic E-state index is 0.195. The fourth-order valence-corrected chi connectivity index (χ4v) is 1.75. The van der Waals surface area contributed by atoms with Crippen molar-refractivity contribution in [2.24, 2.45) is 5.92 Å². The van der Waals surface area contributed by atoms with E-state index in [4.69, 9.17) is 4.84 Å². The molecule has 0 bridgehead atoms. The number of amides is 2. The highest BCUT2D eigenvalue weighted by Gasteiger charge is 2.21. The quantitative estimate of drug-likeness (QED) is 0.645. The van der Waals surface area contributed by atoms with Gasteiger partial charge in [0, 0.05) is 6.54 Å². The summed E-state index contributed by atoms with van der Waals surface area (Å²) in [7, 11) is 0. The van der Waals surface area contributed by atoms with Crippen LogP contribution in [-0.4, -0.2) is 23.3 Å². The first-order chi connectivity index (χ1) is 9.89. The van der Waals surface area contributed by atoms with E-state index in [1.807, 2.05) is 30.3 Å². The van der Waals surface area contributed by atoms with E-state index in [9.17, 15) is 9.90 Å². The lowest BCUT2D eigenvalue weighted by atomic mass is 9.95. The Kier molecular flexibility index (Phi) is 7.19. The Morgan fingerprint density at radius 1 is 1.33 bits per heavy atom. The number of hydroxylamine groups is 1. The Balaban J connectivity index is 2.18. The zero-order chi connectivity index (χ0) is 15.7. The minimum atomic E-state index is -0.902. The molecule has 5 heteroatoms. The van der Waals surface area contributed by atoms with Gasteiger partial charge in [-0.2, -0.15) is 0 Å². The largest absolute Gasteiger partial charge is 0.388 e. The van der Waals surface area contributed by atoms with E-state index >= 15 is 0 Å². The van der Waals surface area contributed by atoms with Gasteiger partial charge >= 0.3 is 6.03 Å². The Labute approximate surface area is 126 Å². The molecule has 3 N–H and O–H groups in total. The van der Waals surface area contributed by atoms with Gasteiger partial charge in [-0.05, 0) is 31.2 Å². The maximum absolute atomic E-state index is 11.6. The van der Waals surface area contributed by atoms with Crippen LogP contribution < -0.4 is 10.8 Å². The van der Waals surface area contributed by atoms with Gasteiger partial charge < -0.3 is 10.4 Å². The van der Waals surface area contributed by atoms with Crippen LogP contribution in [0, 0.1) is 5.92 Å². The molecule has 0 saturated carbocycles. The molecule has 21 heavy (non-hydrogen) atoms. The van der Waals surface area contributed by atoms with Crippen LogP contribution >= 0.6 is 0 Å². The lowest BCUT2D eigenvalue weighted by Gasteiger charge is -2.24. The molecule has 2 amide bonds. The summed E-state index contributed by atoms with van der Waals surface area (Å²) in [4.78, 5) is 16.7. The molecule has 0 aliphatic carbocycles. The maximum atomic E-state index is 11.6. The van der Waals surface area contributed by atoms with E-state index in [0.717, 1.165) is 12.0 Å². The number of rotatable bonds is 8. The van der Waals surface area contributed by atoms with Gasteiger partial charge in [0.15, 0.2) is 0 Å². The number of aliphatic hydroxyl groups is 1. The fourth-order valence-electron chi connectivity index (χ4n) is 1.75. The van der Waals surface area contributed by atoms with Gasteiger partial charge in [0.2, 0.25) is 0 Å². The lowest BCUT2D eigenvalue weighted by molar-refractivity contribution is 0.0334. The standard InChI is InChI=1S/C16H26N2O3/c1-13(2)9-10-16(3,20)12-17-15(19)18-21-11-14-7-5-4-6-8-14/h4-8,13,20H,9-12H2,1-3H3,(H2,17,18,19). The Hall–Kier alpha value is -1.59. The molecular weight excluding hydrogens is 268 g/mol. The third-order valence-corrected chi connectivity index (χ3v) is 3.14. The van der Waals surface area contributed by atoms with Crippen molar-refractivity contribution >= 4 is 6.03 Å². The predicted molar refractivity (Wildman–Crippen MR) is 82.5 cm³/mol. The second-order valence-corrected chi connectivity index (χ2v) is 5.99. The van der Waals surface area contributed by atoms with Crippen LogP contribution in [0.25, 0.3) is 0 Å². The Morgan fingerprint density at radius 2 is 2.00 bits per heavy atom. The minimum Gasteiger partial charge on any atom is -0.388 e. The molecule has 1 aromatic rings. The van der Waals surface area contributed by atoms with Gasteiger partial charge in [-0.3, -0.25) is 4.84 Å².